The third kappa shape index (κ3) is 4.04. The van der Waals surface area contributed by atoms with Crippen LogP contribution in [0.2, 0.25) is 0 Å². The molecule has 2 unspecified atom stereocenters. The standard InChI is InChI=1S/C15H24N2O2S/c1-11(2)15(13-4-3-7-20-13)16-14(19)9-17-6-5-12(8-17)10-18/h3-4,7,11-12,15,18H,5-6,8-10H2,1-2H3,(H,16,19). The van der Waals surface area contributed by atoms with E-state index in [1.165, 1.54) is 4.88 Å². The molecule has 2 N–H and O–H groups in total. The number of carbonyl (C=O) groups is 1. The molecule has 2 atom stereocenters. The Morgan fingerprint density at radius 2 is 2.40 bits per heavy atom. The minimum atomic E-state index is 0.0793. The van der Waals surface area contributed by atoms with Crippen LogP contribution in [0.15, 0.2) is 17.5 Å². The van der Waals surface area contributed by atoms with Crippen molar-refractivity contribution in [3.63, 3.8) is 0 Å². The number of carbonyl (C=O) groups excluding carboxylic acids is 1. The molecule has 2 heterocycles. The van der Waals surface area contributed by atoms with Crippen LogP contribution >= 0.6 is 11.3 Å². The van der Waals surface area contributed by atoms with Crippen molar-refractivity contribution in [2.75, 3.05) is 26.2 Å². The molecule has 0 radical (unpaired) electrons. The molecule has 5 heteroatoms. The van der Waals surface area contributed by atoms with Crippen LogP contribution in [0.1, 0.15) is 31.2 Å². The van der Waals surface area contributed by atoms with E-state index in [1.807, 2.05) is 11.4 Å². The van der Waals surface area contributed by atoms with E-state index in [4.69, 9.17) is 5.11 Å². The first-order chi connectivity index (χ1) is 9.60. The van der Waals surface area contributed by atoms with Gasteiger partial charge in [-0.3, -0.25) is 9.69 Å². The van der Waals surface area contributed by atoms with Gasteiger partial charge in [-0.15, -0.1) is 11.3 Å². The minimum Gasteiger partial charge on any atom is -0.396 e. The molecule has 4 nitrogen and oxygen atoms in total. The monoisotopic (exact) mass is 296 g/mol. The summed E-state index contributed by atoms with van der Waals surface area (Å²) >= 11 is 1.69. The lowest BCUT2D eigenvalue weighted by Crippen LogP contribution is -2.39. The molecule has 1 aliphatic rings. The summed E-state index contributed by atoms with van der Waals surface area (Å²) in [6.45, 7) is 6.65. The number of amides is 1. The van der Waals surface area contributed by atoms with Gasteiger partial charge in [0.25, 0.3) is 0 Å². The first-order valence-corrected chi connectivity index (χ1v) is 8.14. The fourth-order valence-corrected chi connectivity index (χ4v) is 3.61. The summed E-state index contributed by atoms with van der Waals surface area (Å²) in [4.78, 5) is 15.5. The zero-order valence-corrected chi connectivity index (χ0v) is 13.0. The summed E-state index contributed by atoms with van der Waals surface area (Å²) in [6.07, 6.45) is 0.988. The summed E-state index contributed by atoms with van der Waals surface area (Å²) in [7, 11) is 0. The summed E-state index contributed by atoms with van der Waals surface area (Å²) in [5, 5.41) is 14.3. The summed E-state index contributed by atoms with van der Waals surface area (Å²) in [5.74, 6) is 0.790. The highest BCUT2D eigenvalue weighted by atomic mass is 32.1. The molecule has 1 saturated heterocycles. The Balaban J connectivity index is 1.86. The van der Waals surface area contributed by atoms with Crippen molar-refractivity contribution in [3.05, 3.63) is 22.4 Å². The molecule has 0 saturated carbocycles. The van der Waals surface area contributed by atoms with Gasteiger partial charge in [-0.1, -0.05) is 19.9 Å². The number of thiophene rings is 1. The molecule has 1 aromatic rings. The van der Waals surface area contributed by atoms with Crippen LogP contribution in [0.4, 0.5) is 0 Å². The van der Waals surface area contributed by atoms with Gasteiger partial charge in [-0.2, -0.15) is 0 Å². The molecule has 1 aliphatic heterocycles. The Morgan fingerprint density at radius 3 is 2.95 bits per heavy atom. The van der Waals surface area contributed by atoms with Gasteiger partial charge in [-0.05, 0) is 36.2 Å². The zero-order chi connectivity index (χ0) is 14.5. The van der Waals surface area contributed by atoms with E-state index in [0.29, 0.717) is 18.4 Å². The highest BCUT2D eigenvalue weighted by Crippen LogP contribution is 2.25. The third-order valence-corrected chi connectivity index (χ3v) is 4.78. The van der Waals surface area contributed by atoms with Crippen LogP contribution in [0, 0.1) is 11.8 Å². The van der Waals surface area contributed by atoms with Gasteiger partial charge < -0.3 is 10.4 Å². The van der Waals surface area contributed by atoms with Crippen molar-refractivity contribution in [1.82, 2.24) is 10.2 Å². The van der Waals surface area contributed by atoms with Crippen LogP contribution in [-0.4, -0.2) is 42.2 Å². The van der Waals surface area contributed by atoms with Crippen molar-refractivity contribution in [1.29, 1.82) is 0 Å². The molecule has 0 bridgehead atoms. The normalized spacial score (nSPS) is 21.3. The average molecular weight is 296 g/mol. The Labute approximate surface area is 124 Å². The quantitative estimate of drug-likeness (QED) is 0.843. The van der Waals surface area contributed by atoms with Gasteiger partial charge in [0.2, 0.25) is 5.91 Å². The summed E-state index contributed by atoms with van der Waals surface area (Å²) < 4.78 is 0. The fraction of sp³-hybridized carbons (Fsp3) is 0.667. The van der Waals surface area contributed by atoms with E-state index in [2.05, 4.69) is 30.1 Å². The van der Waals surface area contributed by atoms with Crippen molar-refractivity contribution >= 4 is 17.2 Å². The van der Waals surface area contributed by atoms with Gasteiger partial charge in [-0.25, -0.2) is 0 Å². The number of likely N-dealkylation sites (tertiary alicyclic amines) is 1. The van der Waals surface area contributed by atoms with Crippen molar-refractivity contribution in [2.45, 2.75) is 26.3 Å². The molecule has 112 valence electrons. The van der Waals surface area contributed by atoms with Gasteiger partial charge in [0.05, 0.1) is 12.6 Å². The maximum Gasteiger partial charge on any atom is 0.234 e. The van der Waals surface area contributed by atoms with Gasteiger partial charge in [0, 0.05) is 18.0 Å². The molecular weight excluding hydrogens is 272 g/mol. The Bertz CT molecular complexity index is 420. The van der Waals surface area contributed by atoms with Crippen LogP contribution in [0.5, 0.6) is 0 Å². The number of nitrogens with one attached hydrogen (secondary N) is 1. The van der Waals surface area contributed by atoms with Crippen LogP contribution in [0.25, 0.3) is 0 Å². The largest absolute Gasteiger partial charge is 0.396 e. The van der Waals surface area contributed by atoms with Gasteiger partial charge >= 0.3 is 0 Å². The maximum atomic E-state index is 12.2. The van der Waals surface area contributed by atoms with Crippen molar-refractivity contribution in [3.8, 4) is 0 Å². The topological polar surface area (TPSA) is 52.6 Å². The number of hydrogen-bond acceptors (Lipinski definition) is 4. The molecule has 1 aromatic heterocycles. The minimum absolute atomic E-state index is 0.0793. The van der Waals surface area contributed by atoms with Gasteiger partial charge in [0.1, 0.15) is 0 Å². The molecule has 20 heavy (non-hydrogen) atoms. The summed E-state index contributed by atoms with van der Waals surface area (Å²) in [6, 6.07) is 4.19. The predicted molar refractivity (Wildman–Crippen MR) is 81.7 cm³/mol. The average Bonchev–Trinajstić information content (AvgIpc) is 3.06. The molecular formula is C15H24N2O2S. The molecule has 1 fully saturated rings. The van der Waals surface area contributed by atoms with Crippen molar-refractivity contribution < 1.29 is 9.90 Å². The fourth-order valence-electron chi connectivity index (χ4n) is 2.66. The van der Waals surface area contributed by atoms with Crippen molar-refractivity contribution in [2.24, 2.45) is 11.8 Å². The number of aliphatic hydroxyl groups is 1. The lowest BCUT2D eigenvalue weighted by molar-refractivity contribution is -0.123. The Morgan fingerprint density at radius 1 is 1.60 bits per heavy atom. The lowest BCUT2D eigenvalue weighted by atomic mass is 10.0. The molecule has 0 aromatic carbocycles. The second kappa shape index (κ2) is 7.20. The van der Waals surface area contributed by atoms with E-state index in [9.17, 15) is 4.79 Å². The maximum absolute atomic E-state index is 12.2. The molecule has 2 rings (SSSR count). The highest BCUT2D eigenvalue weighted by molar-refractivity contribution is 7.10. The SMILES string of the molecule is CC(C)C(NC(=O)CN1CCC(CO)C1)c1cccs1. The Kier molecular flexibility index (Phi) is 5.57. The zero-order valence-electron chi connectivity index (χ0n) is 12.2. The van der Waals surface area contributed by atoms with E-state index in [0.717, 1.165) is 19.5 Å². The second-order valence-electron chi connectivity index (χ2n) is 5.88. The number of hydrogen-bond donors (Lipinski definition) is 2. The van der Waals surface area contributed by atoms with E-state index in [-0.39, 0.29) is 18.6 Å². The van der Waals surface area contributed by atoms with Gasteiger partial charge in [0.15, 0.2) is 0 Å². The summed E-state index contributed by atoms with van der Waals surface area (Å²) in [5.41, 5.74) is 0. The van der Waals surface area contributed by atoms with Crippen LogP contribution in [0.3, 0.4) is 0 Å². The third-order valence-electron chi connectivity index (χ3n) is 3.83. The first-order valence-electron chi connectivity index (χ1n) is 7.26. The first kappa shape index (κ1) is 15.5. The molecule has 0 aliphatic carbocycles. The van der Waals surface area contributed by atoms with E-state index < -0.39 is 0 Å². The second-order valence-corrected chi connectivity index (χ2v) is 6.86. The van der Waals surface area contributed by atoms with E-state index >= 15 is 0 Å². The number of nitrogens with zero attached hydrogens (tertiary/aromatic N) is 1. The van der Waals surface area contributed by atoms with Crippen LogP contribution < -0.4 is 5.32 Å². The number of rotatable bonds is 6. The predicted octanol–water partition coefficient (Wildman–Crippen LogP) is 1.88. The van der Waals surface area contributed by atoms with E-state index in [1.54, 1.807) is 11.3 Å². The van der Waals surface area contributed by atoms with Crippen LogP contribution in [-0.2, 0) is 4.79 Å². The lowest BCUT2D eigenvalue weighted by Gasteiger charge is -2.23. The Hall–Kier alpha value is -0.910. The number of aliphatic hydroxyl groups excluding tert-OH is 1. The molecule has 1 amide bonds. The smallest absolute Gasteiger partial charge is 0.234 e. The highest BCUT2D eigenvalue weighted by Gasteiger charge is 2.25. The molecule has 0 spiro atoms.